The van der Waals surface area contributed by atoms with E-state index < -0.39 is 0 Å². The monoisotopic (exact) mass is 633 g/mol. The Balaban J connectivity index is 0.0000000846. The fourth-order valence-electron chi connectivity index (χ4n) is 17.8. The quantitative estimate of drug-likeness (QED) is 0.318. The zero-order valence-corrected chi connectivity index (χ0v) is 30.2. The molecular weight excluding hydrogens is 560 g/mol. The van der Waals surface area contributed by atoms with Crippen LogP contribution in [0.4, 0.5) is 0 Å². The first-order valence-electron chi connectivity index (χ1n) is 21.4. The van der Waals surface area contributed by atoms with Crippen molar-refractivity contribution in [3.05, 3.63) is 0 Å². The molecule has 16 fully saturated rings. The number of aliphatic hydroxyl groups excluding tert-OH is 1. The topological polar surface area (TPSA) is 40.5 Å². The molecule has 0 radical (unpaired) electrons. The molecule has 0 atom stereocenters. The van der Waals surface area contributed by atoms with E-state index in [2.05, 4.69) is 13.8 Å². The van der Waals surface area contributed by atoms with Gasteiger partial charge < -0.3 is 10.2 Å². The van der Waals surface area contributed by atoms with Gasteiger partial charge in [-0.05, 0) is 241 Å². The van der Waals surface area contributed by atoms with Gasteiger partial charge in [-0.2, -0.15) is 0 Å². The normalized spacial score (nSPS) is 58.2. The average molecular weight is 633 g/mol. The van der Waals surface area contributed by atoms with Gasteiger partial charge in [-0.1, -0.05) is 20.3 Å². The Bertz CT molecular complexity index is 874. The molecule has 2 heteroatoms. The highest BCUT2D eigenvalue weighted by Gasteiger charge is 2.52. The summed E-state index contributed by atoms with van der Waals surface area (Å²) < 4.78 is 0. The summed E-state index contributed by atoms with van der Waals surface area (Å²) in [6.45, 7) is 5.43. The molecule has 0 aliphatic heterocycles. The lowest BCUT2D eigenvalue weighted by Crippen LogP contribution is -2.50. The summed E-state index contributed by atoms with van der Waals surface area (Å²) in [6, 6.07) is 0. The fourth-order valence-corrected chi connectivity index (χ4v) is 17.8. The molecule has 0 unspecified atom stereocenters. The van der Waals surface area contributed by atoms with Crippen molar-refractivity contribution >= 4 is 0 Å². The van der Waals surface area contributed by atoms with Crippen LogP contribution in [0.2, 0.25) is 0 Å². The molecule has 0 amide bonds. The Labute approximate surface area is 283 Å². The van der Waals surface area contributed by atoms with E-state index in [1.54, 1.807) is 77.0 Å². The Morgan fingerprint density at radius 1 is 0.391 bits per heavy atom. The van der Waals surface area contributed by atoms with Gasteiger partial charge in [0.25, 0.3) is 0 Å². The predicted molar refractivity (Wildman–Crippen MR) is 188 cm³/mol. The smallest absolute Gasteiger partial charge is 0.0655 e. The Hall–Kier alpha value is -0.0800. The lowest BCUT2D eigenvalue weighted by Gasteiger charge is -2.56. The highest BCUT2D eigenvalue weighted by Crippen LogP contribution is 2.62. The molecule has 16 saturated carbocycles. The van der Waals surface area contributed by atoms with E-state index in [-0.39, 0.29) is 5.60 Å². The highest BCUT2D eigenvalue weighted by molar-refractivity contribution is 5.03. The van der Waals surface area contributed by atoms with Crippen molar-refractivity contribution in [2.45, 2.75) is 180 Å². The second-order valence-electron chi connectivity index (χ2n) is 22.2. The first-order valence-corrected chi connectivity index (χ1v) is 21.4. The van der Waals surface area contributed by atoms with Gasteiger partial charge in [0.2, 0.25) is 0 Å². The summed E-state index contributed by atoms with van der Waals surface area (Å²) in [4.78, 5) is 0. The third-order valence-corrected chi connectivity index (χ3v) is 17.8. The summed E-state index contributed by atoms with van der Waals surface area (Å²) in [5, 5.41) is 19.5. The third-order valence-electron chi connectivity index (χ3n) is 17.8. The van der Waals surface area contributed by atoms with Crippen LogP contribution in [-0.4, -0.2) is 22.4 Å². The number of rotatable bonds is 2. The molecule has 2 nitrogen and oxygen atoms in total. The standard InChI is InChI=1S/C12H20.C11H18O.C11H18.C10H16O/c1-2-12-6-9-3-10(7-12)5-11(4-9)8-12;12-7-11-4-8-1-9(5-11)3-10(2-8)6-11;1-11-5-8-2-9(6-11)4-10(3-8)7-11;11-10-4-7-1-8(5-10)3-9(2-7)6-10/h9-11H,2-8H2,1H3;8-10,12H,1-7H2;8-10H,2-7H2,1H3;7-9,11H,1-6H2. The molecule has 2 N–H and O–H groups in total. The Morgan fingerprint density at radius 3 is 0.848 bits per heavy atom. The molecule has 46 heavy (non-hydrogen) atoms. The minimum absolute atomic E-state index is 0.200. The van der Waals surface area contributed by atoms with Crippen LogP contribution in [-0.2, 0) is 0 Å². The van der Waals surface area contributed by atoms with Crippen molar-refractivity contribution in [3.8, 4) is 0 Å². The van der Waals surface area contributed by atoms with Crippen molar-refractivity contribution in [1.82, 2.24) is 0 Å². The Morgan fingerprint density at radius 2 is 0.630 bits per heavy atom. The van der Waals surface area contributed by atoms with E-state index >= 15 is 0 Å². The molecular formula is C44H72O2. The average Bonchev–Trinajstić information content (AvgIpc) is 2.94. The minimum atomic E-state index is -0.200. The molecule has 0 saturated heterocycles. The molecule has 16 rings (SSSR count). The number of hydrogen-bond acceptors (Lipinski definition) is 2. The summed E-state index contributed by atoms with van der Waals surface area (Å²) >= 11 is 0. The SMILES string of the molecule is CC12CC3CC(CC(C3)C1)C2.CCC12CC3CC(CC(C3)C1)C2.OC12CC3CC(CC(C3)C1)C2.OCC12CC3CC(CC(C3)C1)C2. The third kappa shape index (κ3) is 6.23. The molecule has 16 bridgehead atoms. The summed E-state index contributed by atoms with van der Waals surface area (Å²) in [5.41, 5.74) is 1.84. The van der Waals surface area contributed by atoms with E-state index in [0.29, 0.717) is 12.0 Å². The lowest BCUT2D eigenvalue weighted by atomic mass is 9.49. The van der Waals surface area contributed by atoms with Crippen LogP contribution in [0.15, 0.2) is 0 Å². The second-order valence-corrected chi connectivity index (χ2v) is 22.2. The fraction of sp³-hybridized carbons (Fsp3) is 1.00. The van der Waals surface area contributed by atoms with Crippen LogP contribution in [0.3, 0.4) is 0 Å². The number of aliphatic hydroxyl groups is 2. The predicted octanol–water partition coefficient (Wildman–Crippen LogP) is 11.0. The minimum Gasteiger partial charge on any atom is -0.396 e. The molecule has 0 spiro atoms. The van der Waals surface area contributed by atoms with E-state index in [1.165, 1.54) is 64.2 Å². The molecule has 260 valence electrons. The van der Waals surface area contributed by atoms with E-state index in [1.807, 2.05) is 0 Å². The highest BCUT2D eigenvalue weighted by atomic mass is 16.3. The lowest BCUT2D eigenvalue weighted by molar-refractivity contribution is -0.124. The molecule has 16 aliphatic carbocycles. The van der Waals surface area contributed by atoms with Crippen molar-refractivity contribution in [3.63, 3.8) is 0 Å². The largest absolute Gasteiger partial charge is 0.396 e. The van der Waals surface area contributed by atoms with Gasteiger partial charge in [-0.25, -0.2) is 0 Å². The zero-order valence-electron chi connectivity index (χ0n) is 30.2. The van der Waals surface area contributed by atoms with Gasteiger partial charge in [0.1, 0.15) is 0 Å². The van der Waals surface area contributed by atoms with Gasteiger partial charge in [-0.3, -0.25) is 0 Å². The molecule has 0 aromatic carbocycles. The molecule has 16 aliphatic rings. The maximum atomic E-state index is 10.1. The van der Waals surface area contributed by atoms with Crippen molar-refractivity contribution in [2.75, 3.05) is 6.61 Å². The first kappa shape index (κ1) is 31.9. The van der Waals surface area contributed by atoms with Crippen LogP contribution in [0.25, 0.3) is 0 Å². The van der Waals surface area contributed by atoms with E-state index in [4.69, 9.17) is 0 Å². The van der Waals surface area contributed by atoms with Crippen molar-refractivity contribution in [2.24, 2.45) is 87.3 Å². The van der Waals surface area contributed by atoms with E-state index in [9.17, 15) is 10.2 Å². The number of hydrogen-bond donors (Lipinski definition) is 2. The maximum absolute atomic E-state index is 10.1. The van der Waals surface area contributed by atoms with Gasteiger partial charge in [0.05, 0.1) is 5.60 Å². The van der Waals surface area contributed by atoms with Crippen LogP contribution in [0, 0.1) is 87.3 Å². The summed E-state index contributed by atoms with van der Waals surface area (Å²) in [7, 11) is 0. The van der Waals surface area contributed by atoms with Gasteiger partial charge in [-0.15, -0.1) is 0 Å². The molecule has 0 aromatic heterocycles. The molecule has 0 heterocycles. The summed E-state index contributed by atoms with van der Waals surface area (Å²) in [6.07, 6.45) is 36.7. The van der Waals surface area contributed by atoms with E-state index in [0.717, 1.165) is 101 Å². The van der Waals surface area contributed by atoms with Gasteiger partial charge >= 0.3 is 0 Å². The van der Waals surface area contributed by atoms with Crippen LogP contribution < -0.4 is 0 Å². The zero-order chi connectivity index (χ0) is 31.3. The summed E-state index contributed by atoms with van der Waals surface area (Å²) in [5.74, 6) is 12.5. The second kappa shape index (κ2) is 11.7. The van der Waals surface area contributed by atoms with Crippen LogP contribution in [0.1, 0.15) is 174 Å². The molecule has 0 aromatic rings. The Kier molecular flexibility index (Phi) is 8.13. The van der Waals surface area contributed by atoms with Crippen molar-refractivity contribution < 1.29 is 10.2 Å². The maximum Gasteiger partial charge on any atom is 0.0655 e. The van der Waals surface area contributed by atoms with Crippen LogP contribution >= 0.6 is 0 Å². The van der Waals surface area contributed by atoms with Crippen LogP contribution in [0.5, 0.6) is 0 Å². The first-order chi connectivity index (χ1) is 22.1. The van der Waals surface area contributed by atoms with Gasteiger partial charge in [0.15, 0.2) is 0 Å². The van der Waals surface area contributed by atoms with Gasteiger partial charge in [0, 0.05) is 6.61 Å². The van der Waals surface area contributed by atoms with Crippen molar-refractivity contribution in [1.29, 1.82) is 0 Å².